The van der Waals surface area contributed by atoms with Crippen molar-refractivity contribution < 1.29 is 19.0 Å². The van der Waals surface area contributed by atoms with Gasteiger partial charge in [0.15, 0.2) is 11.5 Å². The van der Waals surface area contributed by atoms with Crippen LogP contribution in [0, 0.1) is 0 Å². The highest BCUT2D eigenvalue weighted by atomic mass is 16.7. The first-order chi connectivity index (χ1) is 14.7. The van der Waals surface area contributed by atoms with E-state index < -0.39 is 0 Å². The second kappa shape index (κ2) is 8.79. The van der Waals surface area contributed by atoms with Crippen LogP contribution in [0.4, 0.5) is 0 Å². The van der Waals surface area contributed by atoms with E-state index in [0.717, 1.165) is 10.9 Å². The number of nitrogens with one attached hydrogen (secondary N) is 1. The van der Waals surface area contributed by atoms with Gasteiger partial charge in [-0.3, -0.25) is 9.59 Å². The van der Waals surface area contributed by atoms with Gasteiger partial charge in [-0.25, -0.2) is 4.68 Å². The molecule has 1 aliphatic rings. The molecule has 1 aromatic heterocycles. The summed E-state index contributed by atoms with van der Waals surface area (Å²) in [5.41, 5.74) is 1.26. The van der Waals surface area contributed by atoms with E-state index in [9.17, 15) is 9.59 Å². The van der Waals surface area contributed by atoms with Crippen molar-refractivity contribution in [2.24, 2.45) is 0 Å². The fourth-order valence-corrected chi connectivity index (χ4v) is 3.18. The summed E-state index contributed by atoms with van der Waals surface area (Å²) in [6.45, 7) is 1.11. The number of fused-ring (bicyclic) bond motifs is 2. The molecule has 4 rings (SSSR count). The molecule has 1 aliphatic heterocycles. The lowest BCUT2D eigenvalue weighted by molar-refractivity contribution is -0.116. The molecule has 30 heavy (non-hydrogen) atoms. The number of carbonyl (C=O) groups excluding carboxylic acids is 1. The number of benzene rings is 2. The van der Waals surface area contributed by atoms with Gasteiger partial charge < -0.3 is 19.5 Å². The lowest BCUT2D eigenvalue weighted by atomic mass is 10.1. The molecule has 154 valence electrons. The lowest BCUT2D eigenvalue weighted by Gasteiger charge is -2.11. The van der Waals surface area contributed by atoms with Gasteiger partial charge in [-0.2, -0.15) is 5.10 Å². The summed E-state index contributed by atoms with van der Waals surface area (Å²) >= 11 is 0. The van der Waals surface area contributed by atoms with Crippen molar-refractivity contribution in [3.63, 3.8) is 0 Å². The molecule has 0 saturated carbocycles. The van der Waals surface area contributed by atoms with Crippen molar-refractivity contribution in [3.05, 3.63) is 70.2 Å². The molecule has 0 fully saturated rings. The largest absolute Gasteiger partial charge is 0.454 e. The molecule has 0 unspecified atom stereocenters. The highest BCUT2D eigenvalue weighted by molar-refractivity contribution is 5.92. The van der Waals surface area contributed by atoms with Crippen LogP contribution in [-0.2, 0) is 22.6 Å². The van der Waals surface area contributed by atoms with Crippen LogP contribution in [0.15, 0.2) is 53.3 Å². The SMILES string of the molecule is COCCn1nc(CNC(=O)/C=C/c2ccc3c(c2)OCO3)c2ccccc2c1=O. The maximum atomic E-state index is 12.6. The minimum absolute atomic E-state index is 0.180. The number of rotatable bonds is 7. The number of hydrogen-bond acceptors (Lipinski definition) is 6. The first-order valence-corrected chi connectivity index (χ1v) is 9.49. The van der Waals surface area contributed by atoms with Crippen molar-refractivity contribution in [1.29, 1.82) is 0 Å². The van der Waals surface area contributed by atoms with E-state index in [1.165, 1.54) is 10.8 Å². The average Bonchev–Trinajstić information content (AvgIpc) is 3.24. The van der Waals surface area contributed by atoms with E-state index in [2.05, 4.69) is 10.4 Å². The summed E-state index contributed by atoms with van der Waals surface area (Å²) < 4.78 is 17.0. The van der Waals surface area contributed by atoms with E-state index in [0.29, 0.717) is 35.7 Å². The maximum absolute atomic E-state index is 12.6. The Hall–Kier alpha value is -3.65. The van der Waals surface area contributed by atoms with Crippen LogP contribution < -0.4 is 20.3 Å². The second-order valence-corrected chi connectivity index (χ2v) is 6.68. The van der Waals surface area contributed by atoms with Crippen molar-refractivity contribution in [1.82, 2.24) is 15.1 Å². The number of nitrogens with zero attached hydrogens (tertiary/aromatic N) is 2. The Labute approximate surface area is 172 Å². The molecule has 0 radical (unpaired) electrons. The van der Waals surface area contributed by atoms with Gasteiger partial charge in [0.2, 0.25) is 12.7 Å². The Morgan fingerprint density at radius 3 is 2.83 bits per heavy atom. The summed E-state index contributed by atoms with van der Waals surface area (Å²) in [6, 6.07) is 12.7. The topological polar surface area (TPSA) is 91.7 Å². The van der Waals surface area contributed by atoms with Crippen molar-refractivity contribution in [3.8, 4) is 11.5 Å². The Morgan fingerprint density at radius 2 is 2.00 bits per heavy atom. The van der Waals surface area contributed by atoms with Crippen LogP contribution in [0.1, 0.15) is 11.3 Å². The molecule has 2 aromatic carbocycles. The van der Waals surface area contributed by atoms with Gasteiger partial charge in [-0.15, -0.1) is 0 Å². The van der Waals surface area contributed by atoms with E-state index in [1.807, 2.05) is 24.3 Å². The summed E-state index contributed by atoms with van der Waals surface area (Å²) in [7, 11) is 1.57. The Balaban J connectivity index is 1.49. The Kier molecular flexibility index (Phi) is 5.76. The molecular formula is C22H21N3O5. The second-order valence-electron chi connectivity index (χ2n) is 6.68. The molecule has 0 atom stereocenters. The van der Waals surface area contributed by atoms with E-state index >= 15 is 0 Å². The number of hydrogen-bond donors (Lipinski definition) is 1. The molecule has 1 amide bonds. The zero-order valence-electron chi connectivity index (χ0n) is 16.5. The molecule has 8 nitrogen and oxygen atoms in total. The molecule has 0 aliphatic carbocycles. The highest BCUT2D eigenvalue weighted by Crippen LogP contribution is 2.32. The predicted octanol–water partition coefficient (Wildman–Crippen LogP) is 2.10. The lowest BCUT2D eigenvalue weighted by Crippen LogP contribution is -2.29. The third-order valence-corrected chi connectivity index (χ3v) is 4.71. The van der Waals surface area contributed by atoms with Crippen LogP contribution in [0.2, 0.25) is 0 Å². The minimum atomic E-state index is -0.270. The van der Waals surface area contributed by atoms with Crippen molar-refractivity contribution in [2.45, 2.75) is 13.1 Å². The Morgan fingerprint density at radius 1 is 1.20 bits per heavy atom. The summed E-state index contributed by atoms with van der Waals surface area (Å²) in [5, 5.41) is 8.53. The smallest absolute Gasteiger partial charge is 0.274 e. The fraction of sp³-hybridized carbons (Fsp3) is 0.227. The number of amides is 1. The molecule has 0 bridgehead atoms. The van der Waals surface area contributed by atoms with Crippen LogP contribution >= 0.6 is 0 Å². The third-order valence-electron chi connectivity index (χ3n) is 4.71. The van der Waals surface area contributed by atoms with Crippen molar-refractivity contribution in [2.75, 3.05) is 20.5 Å². The van der Waals surface area contributed by atoms with Gasteiger partial charge in [-0.1, -0.05) is 24.3 Å². The van der Waals surface area contributed by atoms with E-state index in [4.69, 9.17) is 14.2 Å². The number of carbonyl (C=O) groups is 1. The van der Waals surface area contributed by atoms with Gasteiger partial charge >= 0.3 is 0 Å². The summed E-state index contributed by atoms with van der Waals surface area (Å²) in [5.74, 6) is 1.08. The monoisotopic (exact) mass is 407 g/mol. The van der Waals surface area contributed by atoms with Crippen LogP contribution in [0.5, 0.6) is 11.5 Å². The quantitative estimate of drug-likeness (QED) is 0.603. The van der Waals surface area contributed by atoms with E-state index in [1.54, 1.807) is 31.4 Å². The Bertz CT molecular complexity index is 1170. The number of methoxy groups -OCH3 is 1. The van der Waals surface area contributed by atoms with Gasteiger partial charge in [-0.05, 0) is 29.8 Å². The molecule has 3 aromatic rings. The first kappa shape index (κ1) is 19.7. The highest BCUT2D eigenvalue weighted by Gasteiger charge is 2.13. The molecular weight excluding hydrogens is 386 g/mol. The van der Waals surface area contributed by atoms with Gasteiger partial charge in [0, 0.05) is 18.6 Å². The molecule has 8 heteroatoms. The number of aromatic nitrogens is 2. The predicted molar refractivity (Wildman–Crippen MR) is 111 cm³/mol. The number of ether oxygens (including phenoxy) is 3. The maximum Gasteiger partial charge on any atom is 0.274 e. The molecule has 1 N–H and O–H groups in total. The van der Waals surface area contributed by atoms with Crippen molar-refractivity contribution >= 4 is 22.8 Å². The van der Waals surface area contributed by atoms with Crippen LogP contribution in [-0.4, -0.2) is 36.2 Å². The standard InChI is InChI=1S/C22H21N3O5/c1-28-11-10-25-22(27)17-5-3-2-4-16(17)18(24-25)13-23-21(26)9-7-15-6-8-19-20(12-15)30-14-29-19/h2-9,12H,10-11,13-14H2,1H3,(H,23,26)/b9-7+. The van der Waals surface area contributed by atoms with Gasteiger partial charge in [0.25, 0.3) is 5.56 Å². The van der Waals surface area contributed by atoms with Crippen LogP contribution in [0.25, 0.3) is 16.8 Å². The third kappa shape index (κ3) is 4.18. The summed E-state index contributed by atoms with van der Waals surface area (Å²) in [6.07, 6.45) is 3.14. The normalized spacial score (nSPS) is 12.6. The fourth-order valence-electron chi connectivity index (χ4n) is 3.18. The zero-order valence-corrected chi connectivity index (χ0v) is 16.5. The van der Waals surface area contributed by atoms with Gasteiger partial charge in [0.1, 0.15) is 0 Å². The molecule has 2 heterocycles. The molecule has 0 saturated heterocycles. The average molecular weight is 407 g/mol. The minimum Gasteiger partial charge on any atom is -0.454 e. The molecule has 0 spiro atoms. The van der Waals surface area contributed by atoms with Crippen LogP contribution in [0.3, 0.4) is 0 Å². The first-order valence-electron chi connectivity index (χ1n) is 9.49. The van der Waals surface area contributed by atoms with E-state index in [-0.39, 0.29) is 24.8 Å². The van der Waals surface area contributed by atoms with Gasteiger partial charge in [0.05, 0.1) is 30.8 Å². The zero-order chi connectivity index (χ0) is 20.9. The summed E-state index contributed by atoms with van der Waals surface area (Å²) in [4.78, 5) is 24.9.